The highest BCUT2D eigenvalue weighted by atomic mass is 16.5. The van der Waals surface area contributed by atoms with Crippen LogP contribution in [-0.4, -0.2) is 43.9 Å². The van der Waals surface area contributed by atoms with Crippen molar-refractivity contribution in [1.82, 2.24) is 5.32 Å². The number of nitrogens with zero attached hydrogens (tertiary/aromatic N) is 1. The van der Waals surface area contributed by atoms with E-state index in [-0.39, 0.29) is 25.6 Å². The number of carbonyl (C=O) groups is 1. The number of ether oxygens (including phenoxy) is 1. The zero-order chi connectivity index (χ0) is 13.7. The van der Waals surface area contributed by atoms with Gasteiger partial charge in [-0.15, -0.1) is 0 Å². The lowest BCUT2D eigenvalue weighted by Crippen LogP contribution is -2.38. The minimum atomic E-state index is -0.121. The fraction of sp³-hybridized carbons (Fsp3) is 0.462. The van der Waals surface area contributed by atoms with Gasteiger partial charge >= 0.3 is 0 Å². The number of rotatable bonds is 4. The van der Waals surface area contributed by atoms with Crippen LogP contribution >= 0.6 is 0 Å². The quantitative estimate of drug-likeness (QED) is 0.665. The Morgan fingerprint density at radius 3 is 3.16 bits per heavy atom. The molecule has 0 spiro atoms. The Bertz CT molecular complexity index is 451. The molecule has 1 aliphatic rings. The first-order valence-corrected chi connectivity index (χ1v) is 6.35. The number of fused-ring (bicyclic) bond motifs is 1. The van der Waals surface area contributed by atoms with Crippen LogP contribution in [0.25, 0.3) is 0 Å². The van der Waals surface area contributed by atoms with Crippen LogP contribution in [0.2, 0.25) is 0 Å². The average Bonchev–Trinajstić information content (AvgIpc) is 2.59. The highest BCUT2D eigenvalue weighted by molar-refractivity contribution is 5.82. The number of anilines is 2. The van der Waals surface area contributed by atoms with Gasteiger partial charge in [-0.2, -0.15) is 0 Å². The van der Waals surface area contributed by atoms with Gasteiger partial charge in [0.05, 0.1) is 25.4 Å². The lowest BCUT2D eigenvalue weighted by molar-refractivity contribution is -0.119. The van der Waals surface area contributed by atoms with Crippen LogP contribution in [0.3, 0.4) is 0 Å². The topological polar surface area (TPSA) is 87.8 Å². The van der Waals surface area contributed by atoms with Gasteiger partial charge < -0.3 is 25.8 Å². The third-order valence-corrected chi connectivity index (χ3v) is 2.92. The first-order chi connectivity index (χ1) is 9.20. The van der Waals surface area contributed by atoms with Crippen LogP contribution in [0.1, 0.15) is 6.42 Å². The highest BCUT2D eigenvalue weighted by Crippen LogP contribution is 2.32. The molecule has 0 aliphatic carbocycles. The molecule has 1 aromatic rings. The van der Waals surface area contributed by atoms with E-state index in [4.69, 9.17) is 15.6 Å². The molecule has 104 valence electrons. The maximum Gasteiger partial charge on any atom is 0.239 e. The summed E-state index contributed by atoms with van der Waals surface area (Å²) in [6.07, 6.45) is 0.849. The first-order valence-electron chi connectivity index (χ1n) is 6.35. The van der Waals surface area contributed by atoms with Gasteiger partial charge in [-0.05, 0) is 24.6 Å². The van der Waals surface area contributed by atoms with Gasteiger partial charge in [0.2, 0.25) is 5.91 Å². The summed E-state index contributed by atoms with van der Waals surface area (Å²) in [4.78, 5) is 13.7. The van der Waals surface area contributed by atoms with E-state index in [1.54, 1.807) is 6.07 Å². The number of nitrogens with two attached hydrogens (primary N) is 1. The number of aliphatic hydroxyl groups excluding tert-OH is 1. The molecule has 2 rings (SSSR count). The van der Waals surface area contributed by atoms with Crippen molar-refractivity contribution in [3.8, 4) is 5.75 Å². The lowest BCUT2D eigenvalue weighted by Gasteiger charge is -2.23. The zero-order valence-electron chi connectivity index (χ0n) is 10.8. The van der Waals surface area contributed by atoms with Crippen LogP contribution in [-0.2, 0) is 4.79 Å². The van der Waals surface area contributed by atoms with Gasteiger partial charge in [0.25, 0.3) is 0 Å². The SMILES string of the molecule is Nc1ccc2c(c1)N(CC(=O)NCCO)CCCO2. The molecule has 0 unspecified atom stereocenters. The van der Waals surface area contributed by atoms with Crippen LogP contribution in [0.15, 0.2) is 18.2 Å². The van der Waals surface area contributed by atoms with Crippen LogP contribution in [0, 0.1) is 0 Å². The number of benzene rings is 1. The summed E-state index contributed by atoms with van der Waals surface area (Å²) in [5.74, 6) is 0.631. The van der Waals surface area contributed by atoms with E-state index in [1.807, 2.05) is 17.0 Å². The van der Waals surface area contributed by atoms with Crippen LogP contribution < -0.4 is 20.7 Å². The van der Waals surface area contributed by atoms with Gasteiger partial charge in [-0.1, -0.05) is 0 Å². The predicted octanol–water partition coefficient (Wildman–Crippen LogP) is -0.0338. The lowest BCUT2D eigenvalue weighted by atomic mass is 10.2. The maximum atomic E-state index is 11.7. The fourth-order valence-corrected chi connectivity index (χ4v) is 2.05. The Hall–Kier alpha value is -1.95. The number of nitrogens with one attached hydrogen (secondary N) is 1. The van der Waals surface area contributed by atoms with Crippen molar-refractivity contribution in [2.24, 2.45) is 0 Å². The Balaban J connectivity index is 2.12. The minimum Gasteiger partial charge on any atom is -0.491 e. The molecule has 0 fully saturated rings. The highest BCUT2D eigenvalue weighted by Gasteiger charge is 2.18. The summed E-state index contributed by atoms with van der Waals surface area (Å²) in [6.45, 7) is 1.82. The Morgan fingerprint density at radius 2 is 2.37 bits per heavy atom. The summed E-state index contributed by atoms with van der Waals surface area (Å²) in [5, 5.41) is 11.3. The molecule has 19 heavy (non-hydrogen) atoms. The van der Waals surface area contributed by atoms with Gasteiger partial charge in [0, 0.05) is 18.8 Å². The van der Waals surface area contributed by atoms with Gasteiger partial charge in [-0.3, -0.25) is 4.79 Å². The molecule has 1 heterocycles. The molecule has 0 radical (unpaired) electrons. The third-order valence-electron chi connectivity index (χ3n) is 2.92. The standard InChI is InChI=1S/C13H19N3O3/c14-10-2-3-12-11(8-10)16(5-1-7-19-12)9-13(18)15-4-6-17/h2-3,8,17H,1,4-7,9,14H2,(H,15,18). The van der Waals surface area contributed by atoms with E-state index >= 15 is 0 Å². The first kappa shape index (κ1) is 13.5. The fourth-order valence-electron chi connectivity index (χ4n) is 2.05. The summed E-state index contributed by atoms with van der Waals surface area (Å²) >= 11 is 0. The molecule has 0 atom stereocenters. The van der Waals surface area contributed by atoms with E-state index in [2.05, 4.69) is 5.32 Å². The molecule has 1 aliphatic heterocycles. The molecule has 0 aromatic heterocycles. The predicted molar refractivity (Wildman–Crippen MR) is 73.3 cm³/mol. The smallest absolute Gasteiger partial charge is 0.239 e. The van der Waals surface area contributed by atoms with Crippen molar-refractivity contribution < 1.29 is 14.6 Å². The van der Waals surface area contributed by atoms with E-state index in [1.165, 1.54) is 0 Å². The van der Waals surface area contributed by atoms with Crippen molar-refractivity contribution in [3.63, 3.8) is 0 Å². The summed E-state index contributed by atoms with van der Waals surface area (Å²) in [6, 6.07) is 5.43. The average molecular weight is 265 g/mol. The molecule has 0 bridgehead atoms. The normalized spacial score (nSPS) is 14.3. The number of hydrogen-bond acceptors (Lipinski definition) is 5. The molecular formula is C13H19N3O3. The molecule has 4 N–H and O–H groups in total. The second-order valence-electron chi connectivity index (χ2n) is 4.42. The van der Waals surface area contributed by atoms with Gasteiger partial charge in [0.1, 0.15) is 5.75 Å². The number of nitrogen functional groups attached to an aromatic ring is 1. The van der Waals surface area contributed by atoms with Crippen molar-refractivity contribution in [2.45, 2.75) is 6.42 Å². The molecule has 1 amide bonds. The van der Waals surface area contributed by atoms with Crippen LogP contribution in [0.5, 0.6) is 5.75 Å². The summed E-state index contributed by atoms with van der Waals surface area (Å²) < 4.78 is 5.63. The second-order valence-corrected chi connectivity index (χ2v) is 4.42. The van der Waals surface area contributed by atoms with E-state index < -0.39 is 0 Å². The second kappa shape index (κ2) is 6.29. The van der Waals surface area contributed by atoms with Crippen LogP contribution in [0.4, 0.5) is 11.4 Å². The van der Waals surface area contributed by atoms with Gasteiger partial charge in [0.15, 0.2) is 0 Å². The minimum absolute atomic E-state index is 0.0572. The third kappa shape index (κ3) is 3.51. The molecule has 0 saturated carbocycles. The zero-order valence-corrected chi connectivity index (χ0v) is 10.8. The monoisotopic (exact) mass is 265 g/mol. The molecule has 1 aromatic carbocycles. The van der Waals surface area contributed by atoms with Crippen molar-refractivity contribution in [2.75, 3.05) is 43.5 Å². The number of hydrogen-bond donors (Lipinski definition) is 3. The Labute approximate surface area is 112 Å². The summed E-state index contributed by atoms with van der Waals surface area (Å²) in [5.41, 5.74) is 7.28. The molecule has 6 heteroatoms. The maximum absolute atomic E-state index is 11.7. The summed E-state index contributed by atoms with van der Waals surface area (Å²) in [7, 11) is 0. The number of aliphatic hydroxyl groups is 1. The van der Waals surface area contributed by atoms with E-state index in [0.717, 1.165) is 24.4 Å². The Kier molecular flexibility index (Phi) is 4.46. The molecular weight excluding hydrogens is 246 g/mol. The number of amides is 1. The molecule has 0 saturated heterocycles. The number of carbonyl (C=O) groups excluding carboxylic acids is 1. The van der Waals surface area contributed by atoms with Crippen molar-refractivity contribution in [3.05, 3.63) is 18.2 Å². The van der Waals surface area contributed by atoms with E-state index in [0.29, 0.717) is 12.3 Å². The largest absolute Gasteiger partial charge is 0.491 e. The van der Waals surface area contributed by atoms with E-state index in [9.17, 15) is 4.79 Å². The molecule has 6 nitrogen and oxygen atoms in total. The Morgan fingerprint density at radius 1 is 1.53 bits per heavy atom. The van der Waals surface area contributed by atoms with Crippen molar-refractivity contribution in [1.29, 1.82) is 0 Å². The van der Waals surface area contributed by atoms with Gasteiger partial charge in [-0.25, -0.2) is 0 Å². The van der Waals surface area contributed by atoms with Crippen molar-refractivity contribution >= 4 is 17.3 Å².